The smallest absolute Gasteiger partial charge is 0.416 e. The van der Waals surface area contributed by atoms with Gasteiger partial charge in [0, 0.05) is 17.0 Å². The van der Waals surface area contributed by atoms with Gasteiger partial charge in [-0.05, 0) is 96.8 Å². The van der Waals surface area contributed by atoms with Crippen LogP contribution in [0.3, 0.4) is 0 Å². The van der Waals surface area contributed by atoms with Crippen LogP contribution in [0.5, 0.6) is 5.75 Å². The van der Waals surface area contributed by atoms with E-state index in [-0.39, 0.29) is 18.7 Å². The first-order valence-electron chi connectivity index (χ1n) is 13.4. The predicted octanol–water partition coefficient (Wildman–Crippen LogP) is 9.29. The van der Waals surface area contributed by atoms with Gasteiger partial charge in [0.25, 0.3) is 0 Å². The van der Waals surface area contributed by atoms with Crippen LogP contribution in [0.25, 0.3) is 22.3 Å². The minimum absolute atomic E-state index is 0.120. The Hall–Kier alpha value is -3.95. The fraction of sp³-hybridized carbons (Fsp3) is 0.242. The van der Waals surface area contributed by atoms with Crippen LogP contribution in [-0.4, -0.2) is 31.1 Å². The van der Waals surface area contributed by atoms with Crippen molar-refractivity contribution >= 4 is 28.9 Å². The zero-order chi connectivity index (χ0) is 31.1. The number of esters is 1. The largest absolute Gasteiger partial charge is 0.496 e. The van der Waals surface area contributed by atoms with Crippen LogP contribution in [0, 0.1) is 6.92 Å². The minimum Gasteiger partial charge on any atom is -0.496 e. The Bertz CT molecular complexity index is 1700. The number of rotatable bonds is 7. The van der Waals surface area contributed by atoms with Crippen molar-refractivity contribution in [1.82, 2.24) is 4.90 Å². The SMILES string of the molecule is C=C1O[C@H](c2ccc(Cl)s2)[C@H](C)N1Cc1cc(C(F)(F)F)ccc1-c1cc(-c2ccc(C(=O)OC)cc2C)ccc1OC. The molecule has 1 aliphatic rings. The van der Waals surface area contributed by atoms with Gasteiger partial charge < -0.3 is 19.1 Å². The van der Waals surface area contributed by atoms with Gasteiger partial charge in [-0.2, -0.15) is 13.2 Å². The third-order valence-corrected chi connectivity index (χ3v) is 8.90. The van der Waals surface area contributed by atoms with E-state index in [9.17, 15) is 18.0 Å². The number of carbonyl (C=O) groups excluding carboxylic acids is 1. The van der Waals surface area contributed by atoms with Crippen molar-refractivity contribution in [2.75, 3.05) is 14.2 Å². The Labute approximate surface area is 257 Å². The second-order valence-electron chi connectivity index (χ2n) is 10.2. The molecule has 0 amide bonds. The Morgan fingerprint density at radius 3 is 2.40 bits per heavy atom. The maximum atomic E-state index is 13.9. The van der Waals surface area contributed by atoms with E-state index in [2.05, 4.69) is 6.58 Å². The molecule has 1 saturated heterocycles. The summed E-state index contributed by atoms with van der Waals surface area (Å²) in [5, 5.41) is 0. The summed E-state index contributed by atoms with van der Waals surface area (Å²) in [6, 6.07) is 18.0. The van der Waals surface area contributed by atoms with E-state index in [1.54, 1.807) is 24.3 Å². The normalized spacial score (nSPS) is 16.7. The molecule has 0 N–H and O–H groups in total. The number of aryl methyl sites for hydroxylation is 1. The van der Waals surface area contributed by atoms with Gasteiger partial charge in [0.15, 0.2) is 12.0 Å². The highest BCUT2D eigenvalue weighted by atomic mass is 35.5. The number of hydrogen-bond acceptors (Lipinski definition) is 6. The van der Waals surface area contributed by atoms with Gasteiger partial charge >= 0.3 is 12.1 Å². The van der Waals surface area contributed by atoms with Crippen LogP contribution in [-0.2, 0) is 22.2 Å². The first kappa shape index (κ1) is 30.5. The van der Waals surface area contributed by atoms with E-state index in [0.717, 1.165) is 27.6 Å². The van der Waals surface area contributed by atoms with Gasteiger partial charge in [0.05, 0.1) is 35.7 Å². The molecule has 0 aliphatic carbocycles. The molecule has 4 aromatic rings. The molecule has 0 unspecified atom stereocenters. The highest BCUT2D eigenvalue weighted by molar-refractivity contribution is 7.16. The quantitative estimate of drug-likeness (QED) is 0.191. The third kappa shape index (κ3) is 6.10. The van der Waals surface area contributed by atoms with Crippen LogP contribution < -0.4 is 4.74 Å². The second kappa shape index (κ2) is 12.0. The number of ether oxygens (including phenoxy) is 3. The number of nitrogens with zero attached hydrogens (tertiary/aromatic N) is 1. The molecule has 5 nitrogen and oxygen atoms in total. The molecule has 10 heteroatoms. The lowest BCUT2D eigenvalue weighted by molar-refractivity contribution is -0.137. The summed E-state index contributed by atoms with van der Waals surface area (Å²) in [6.07, 6.45) is -4.88. The van der Waals surface area contributed by atoms with Crippen molar-refractivity contribution in [2.45, 2.75) is 38.7 Å². The molecule has 0 spiro atoms. The molecule has 1 fully saturated rings. The van der Waals surface area contributed by atoms with Gasteiger partial charge in [-0.15, -0.1) is 11.3 Å². The van der Waals surface area contributed by atoms with E-state index in [1.807, 2.05) is 43.0 Å². The molecule has 1 aliphatic heterocycles. The standard InChI is InChI=1S/C33H29ClF3NO4S/c1-18-14-22(32(39)41-5)6-9-25(18)21-7-11-28(40-4)27(16-21)26-10-8-24(33(35,36)37)15-23(26)17-38-19(2)31(42-20(38)3)29-12-13-30(34)43-29/h6-16,19,31H,3,17H2,1-2,4-5H3/t19-,31-/m0/s1. The fourth-order valence-electron chi connectivity index (χ4n) is 5.38. The summed E-state index contributed by atoms with van der Waals surface area (Å²) in [4.78, 5) is 14.8. The number of benzene rings is 3. The van der Waals surface area contributed by atoms with E-state index in [1.165, 1.54) is 37.7 Å². The monoisotopic (exact) mass is 627 g/mol. The van der Waals surface area contributed by atoms with E-state index < -0.39 is 17.7 Å². The molecule has 0 bridgehead atoms. The zero-order valence-corrected chi connectivity index (χ0v) is 25.5. The molecule has 3 aromatic carbocycles. The van der Waals surface area contributed by atoms with Crippen molar-refractivity contribution in [3.05, 3.63) is 111 Å². The first-order chi connectivity index (χ1) is 20.4. The molecule has 43 heavy (non-hydrogen) atoms. The van der Waals surface area contributed by atoms with Crippen LogP contribution >= 0.6 is 22.9 Å². The predicted molar refractivity (Wildman–Crippen MR) is 162 cm³/mol. The Morgan fingerprint density at radius 1 is 1.02 bits per heavy atom. The van der Waals surface area contributed by atoms with Crippen LogP contribution in [0.15, 0.2) is 79.2 Å². The number of methoxy groups -OCH3 is 2. The number of carbonyl (C=O) groups is 1. The molecule has 0 saturated carbocycles. The lowest BCUT2D eigenvalue weighted by atomic mass is 9.91. The Balaban J connectivity index is 1.58. The molecule has 1 aromatic heterocycles. The fourth-order valence-corrected chi connectivity index (χ4v) is 6.57. The zero-order valence-electron chi connectivity index (χ0n) is 23.9. The molecule has 2 heterocycles. The molecular weight excluding hydrogens is 599 g/mol. The summed E-state index contributed by atoms with van der Waals surface area (Å²) in [5.74, 6) is 0.433. The molecule has 224 valence electrons. The maximum Gasteiger partial charge on any atom is 0.416 e. The van der Waals surface area contributed by atoms with Crippen molar-refractivity contribution in [3.63, 3.8) is 0 Å². The lowest BCUT2D eigenvalue weighted by Gasteiger charge is -2.25. The molecule has 5 rings (SSSR count). The highest BCUT2D eigenvalue weighted by Gasteiger charge is 2.38. The van der Waals surface area contributed by atoms with Gasteiger partial charge in [-0.25, -0.2) is 4.79 Å². The van der Waals surface area contributed by atoms with E-state index >= 15 is 0 Å². The van der Waals surface area contributed by atoms with Crippen molar-refractivity contribution in [1.29, 1.82) is 0 Å². The van der Waals surface area contributed by atoms with Crippen LogP contribution in [0.1, 0.15) is 45.0 Å². The van der Waals surface area contributed by atoms with Gasteiger partial charge in [-0.1, -0.05) is 29.8 Å². The second-order valence-corrected chi connectivity index (χ2v) is 12.0. The highest BCUT2D eigenvalue weighted by Crippen LogP contribution is 2.44. The van der Waals surface area contributed by atoms with Crippen molar-refractivity contribution in [2.24, 2.45) is 0 Å². The number of hydrogen-bond donors (Lipinski definition) is 0. The molecule has 0 radical (unpaired) electrons. The van der Waals surface area contributed by atoms with Crippen molar-refractivity contribution in [3.8, 4) is 28.0 Å². The molecular formula is C33H29ClF3NO4S. The summed E-state index contributed by atoms with van der Waals surface area (Å²) in [5.41, 5.74) is 3.82. The first-order valence-corrected chi connectivity index (χ1v) is 14.6. The minimum atomic E-state index is -4.53. The summed E-state index contributed by atoms with van der Waals surface area (Å²) < 4.78 is 59.0. The summed E-state index contributed by atoms with van der Waals surface area (Å²) in [7, 11) is 2.85. The maximum absolute atomic E-state index is 13.9. The lowest BCUT2D eigenvalue weighted by Crippen LogP contribution is -2.28. The Morgan fingerprint density at radius 2 is 1.77 bits per heavy atom. The molecule has 2 atom stereocenters. The summed E-state index contributed by atoms with van der Waals surface area (Å²) >= 11 is 7.55. The van der Waals surface area contributed by atoms with Gasteiger partial charge in [0.1, 0.15) is 5.75 Å². The average molecular weight is 628 g/mol. The van der Waals surface area contributed by atoms with E-state index in [4.69, 9.17) is 25.8 Å². The third-order valence-electron chi connectivity index (χ3n) is 7.61. The van der Waals surface area contributed by atoms with Crippen LogP contribution in [0.4, 0.5) is 13.2 Å². The Kier molecular flexibility index (Phi) is 8.49. The number of thiophene rings is 1. The van der Waals surface area contributed by atoms with E-state index in [0.29, 0.717) is 38.2 Å². The van der Waals surface area contributed by atoms with Gasteiger partial charge in [0.2, 0.25) is 0 Å². The summed E-state index contributed by atoms with van der Waals surface area (Å²) in [6.45, 7) is 8.01. The van der Waals surface area contributed by atoms with Crippen molar-refractivity contribution < 1.29 is 32.2 Å². The van der Waals surface area contributed by atoms with Gasteiger partial charge in [-0.3, -0.25) is 0 Å². The number of halogens is 4. The average Bonchev–Trinajstić information content (AvgIpc) is 3.53. The topological polar surface area (TPSA) is 48.0 Å². The number of alkyl halides is 3. The van der Waals surface area contributed by atoms with Crippen LogP contribution in [0.2, 0.25) is 4.34 Å².